The Morgan fingerprint density at radius 2 is 1.91 bits per heavy atom. The molecule has 0 saturated carbocycles. The van der Waals surface area contributed by atoms with Gasteiger partial charge in [-0.3, -0.25) is 9.59 Å². The first-order valence-electron chi connectivity index (χ1n) is 7.12. The van der Waals surface area contributed by atoms with Gasteiger partial charge in [-0.05, 0) is 42.8 Å². The molecular weight excluding hydrogens is 310 g/mol. The average molecular weight is 325 g/mol. The molecule has 0 fully saturated rings. The smallest absolute Gasteiger partial charge is 0.284 e. The van der Waals surface area contributed by atoms with Crippen LogP contribution in [0.4, 0.5) is 0 Å². The van der Waals surface area contributed by atoms with E-state index in [9.17, 15) is 9.59 Å². The van der Waals surface area contributed by atoms with Crippen LogP contribution >= 0.6 is 11.8 Å². The molecule has 0 bridgehead atoms. The number of carbonyl (C=O) groups is 2. The first-order valence-corrected chi connectivity index (χ1v) is 8.11. The van der Waals surface area contributed by atoms with Crippen molar-refractivity contribution in [3.8, 4) is 5.75 Å². The number of nitrogens with zero attached hydrogens (tertiary/aromatic N) is 1. The standard InChI is InChI=1S/C18H15NO3S/c1-11-3-8-14-15(9-11)19-18(21)17(14)23-10-16(20)12-4-6-13(22-2)7-5-12/h3-9H,10H2,1-2H3. The summed E-state index contributed by atoms with van der Waals surface area (Å²) < 4.78 is 5.08. The van der Waals surface area contributed by atoms with E-state index in [1.54, 1.807) is 31.4 Å². The third-order valence-electron chi connectivity index (χ3n) is 3.57. The minimum atomic E-state index is -0.266. The summed E-state index contributed by atoms with van der Waals surface area (Å²) in [6, 6.07) is 12.7. The fourth-order valence-electron chi connectivity index (χ4n) is 2.34. The third-order valence-corrected chi connectivity index (χ3v) is 4.66. The van der Waals surface area contributed by atoms with E-state index in [1.807, 2.05) is 25.1 Å². The average Bonchev–Trinajstić information content (AvgIpc) is 2.87. The van der Waals surface area contributed by atoms with E-state index in [-0.39, 0.29) is 17.4 Å². The van der Waals surface area contributed by atoms with Gasteiger partial charge < -0.3 is 4.74 Å². The summed E-state index contributed by atoms with van der Waals surface area (Å²) in [6.07, 6.45) is 0. The van der Waals surface area contributed by atoms with Gasteiger partial charge in [0.2, 0.25) is 0 Å². The SMILES string of the molecule is COc1ccc(C(=O)CSC2=c3ccc(C)cc3=NC2=O)cc1. The Morgan fingerprint density at radius 3 is 2.61 bits per heavy atom. The van der Waals surface area contributed by atoms with Crippen LogP contribution in [0.3, 0.4) is 0 Å². The lowest BCUT2D eigenvalue weighted by Crippen LogP contribution is -2.22. The Kier molecular flexibility index (Phi) is 4.30. The Morgan fingerprint density at radius 1 is 1.17 bits per heavy atom. The highest BCUT2D eigenvalue weighted by Crippen LogP contribution is 2.21. The van der Waals surface area contributed by atoms with Crippen LogP contribution in [-0.2, 0) is 4.79 Å². The van der Waals surface area contributed by atoms with Crippen LogP contribution in [-0.4, -0.2) is 24.6 Å². The van der Waals surface area contributed by atoms with Crippen LogP contribution in [0, 0.1) is 6.92 Å². The van der Waals surface area contributed by atoms with E-state index < -0.39 is 0 Å². The first-order chi connectivity index (χ1) is 11.1. The maximum atomic E-state index is 12.3. The predicted molar refractivity (Wildman–Crippen MR) is 90.2 cm³/mol. The van der Waals surface area contributed by atoms with Crippen molar-refractivity contribution >= 4 is 28.4 Å². The maximum absolute atomic E-state index is 12.3. The van der Waals surface area contributed by atoms with Gasteiger partial charge in [-0.1, -0.05) is 12.1 Å². The quantitative estimate of drug-likeness (QED) is 0.788. The summed E-state index contributed by atoms with van der Waals surface area (Å²) in [6.45, 7) is 1.96. The van der Waals surface area contributed by atoms with E-state index in [1.165, 1.54) is 11.8 Å². The molecule has 116 valence electrons. The number of methoxy groups -OCH3 is 1. The Labute approximate surface area is 137 Å². The van der Waals surface area contributed by atoms with Crippen LogP contribution in [0.5, 0.6) is 5.75 Å². The van der Waals surface area contributed by atoms with Gasteiger partial charge in [-0.2, -0.15) is 0 Å². The van der Waals surface area contributed by atoms with Gasteiger partial charge in [-0.25, -0.2) is 4.99 Å². The zero-order valence-electron chi connectivity index (χ0n) is 12.8. The summed E-state index contributed by atoms with van der Waals surface area (Å²) >= 11 is 1.25. The number of hydrogen-bond donors (Lipinski definition) is 0. The van der Waals surface area contributed by atoms with Gasteiger partial charge >= 0.3 is 0 Å². The fraction of sp³-hybridized carbons (Fsp3) is 0.167. The molecule has 1 aliphatic heterocycles. The van der Waals surface area contributed by atoms with Crippen molar-refractivity contribution in [2.45, 2.75) is 6.92 Å². The molecule has 5 heteroatoms. The molecule has 3 rings (SSSR count). The largest absolute Gasteiger partial charge is 0.497 e. The van der Waals surface area contributed by atoms with Gasteiger partial charge in [0.15, 0.2) is 5.78 Å². The number of aryl methyl sites for hydroxylation is 1. The van der Waals surface area contributed by atoms with Crippen molar-refractivity contribution in [2.24, 2.45) is 4.99 Å². The highest BCUT2D eigenvalue weighted by atomic mass is 32.2. The normalized spacial score (nSPS) is 12.8. The van der Waals surface area contributed by atoms with E-state index >= 15 is 0 Å². The number of ether oxygens (including phenoxy) is 1. The molecule has 2 aromatic carbocycles. The summed E-state index contributed by atoms with van der Waals surface area (Å²) in [5.74, 6) is 0.616. The van der Waals surface area contributed by atoms with Crippen molar-refractivity contribution < 1.29 is 14.3 Å². The number of thioether (sulfide) groups is 1. The highest BCUT2D eigenvalue weighted by Gasteiger charge is 2.18. The van der Waals surface area contributed by atoms with Gasteiger partial charge in [0.05, 0.1) is 23.1 Å². The van der Waals surface area contributed by atoms with Crippen LogP contribution < -0.4 is 15.3 Å². The zero-order valence-corrected chi connectivity index (χ0v) is 13.6. The van der Waals surface area contributed by atoms with Crippen LogP contribution in [0.2, 0.25) is 0 Å². The highest BCUT2D eigenvalue weighted by molar-refractivity contribution is 8.09. The van der Waals surface area contributed by atoms with Crippen molar-refractivity contribution in [2.75, 3.05) is 12.9 Å². The molecule has 2 aromatic rings. The van der Waals surface area contributed by atoms with Crippen LogP contribution in [0.25, 0.3) is 4.91 Å². The molecule has 0 aromatic heterocycles. The second-order valence-electron chi connectivity index (χ2n) is 5.21. The summed E-state index contributed by atoms with van der Waals surface area (Å²) in [4.78, 5) is 28.9. The molecule has 1 heterocycles. The molecular formula is C18H15NO3S. The molecule has 1 aliphatic rings. The van der Waals surface area contributed by atoms with Gasteiger partial charge in [0.1, 0.15) is 5.75 Å². The van der Waals surface area contributed by atoms with Gasteiger partial charge in [-0.15, -0.1) is 11.8 Å². The molecule has 0 radical (unpaired) electrons. The number of ketones is 1. The Balaban J connectivity index is 1.78. The molecule has 23 heavy (non-hydrogen) atoms. The van der Waals surface area contributed by atoms with E-state index in [4.69, 9.17) is 4.74 Å². The third kappa shape index (κ3) is 3.19. The number of amides is 1. The number of rotatable bonds is 5. The predicted octanol–water partition coefficient (Wildman–Crippen LogP) is 1.89. The lowest BCUT2D eigenvalue weighted by molar-refractivity contribution is -0.112. The minimum Gasteiger partial charge on any atom is -0.497 e. The summed E-state index contributed by atoms with van der Waals surface area (Å²) in [7, 11) is 1.58. The molecule has 1 amide bonds. The fourth-order valence-corrected chi connectivity index (χ4v) is 3.28. The summed E-state index contributed by atoms with van der Waals surface area (Å²) in [5, 5.41) is 1.50. The number of benzene rings is 2. The van der Waals surface area contributed by atoms with Crippen molar-refractivity contribution in [1.29, 1.82) is 0 Å². The Hall–Kier alpha value is -2.40. The van der Waals surface area contributed by atoms with Crippen molar-refractivity contribution in [3.05, 3.63) is 64.2 Å². The number of hydrogen-bond acceptors (Lipinski definition) is 4. The van der Waals surface area contributed by atoms with Gasteiger partial charge in [0.25, 0.3) is 5.91 Å². The zero-order chi connectivity index (χ0) is 16.4. The van der Waals surface area contributed by atoms with Gasteiger partial charge in [0, 0.05) is 10.8 Å². The summed E-state index contributed by atoms with van der Waals surface area (Å²) in [5.41, 5.74) is 1.66. The molecule has 0 aliphatic carbocycles. The second-order valence-corrected chi connectivity index (χ2v) is 6.19. The first kappa shape index (κ1) is 15.5. The van der Waals surface area contributed by atoms with Crippen molar-refractivity contribution in [1.82, 2.24) is 0 Å². The van der Waals surface area contributed by atoms with Crippen LogP contribution in [0.15, 0.2) is 47.5 Å². The van der Waals surface area contributed by atoms with E-state index in [0.717, 1.165) is 10.8 Å². The number of carbonyl (C=O) groups excluding carboxylic acids is 2. The van der Waals surface area contributed by atoms with E-state index in [2.05, 4.69) is 4.99 Å². The van der Waals surface area contributed by atoms with E-state index in [0.29, 0.717) is 21.6 Å². The topological polar surface area (TPSA) is 55.7 Å². The number of Topliss-reactive ketones (excluding diaryl/α,β-unsaturated/α-hetero) is 1. The minimum absolute atomic E-state index is 0.0292. The molecule has 4 nitrogen and oxygen atoms in total. The molecule has 0 N–H and O–H groups in total. The molecule has 0 saturated heterocycles. The molecule has 0 atom stereocenters. The van der Waals surface area contributed by atoms with Crippen LogP contribution in [0.1, 0.15) is 15.9 Å². The maximum Gasteiger partial charge on any atom is 0.284 e. The lowest BCUT2D eigenvalue weighted by Gasteiger charge is -2.03. The molecule has 0 unspecified atom stereocenters. The Bertz CT molecular complexity index is 901. The number of fused-ring (bicyclic) bond motifs is 1. The monoisotopic (exact) mass is 325 g/mol. The molecule has 0 spiro atoms. The lowest BCUT2D eigenvalue weighted by atomic mass is 10.1. The second kappa shape index (κ2) is 6.38. The van der Waals surface area contributed by atoms with Crippen molar-refractivity contribution in [3.63, 3.8) is 0 Å².